The zero-order valence-electron chi connectivity index (χ0n) is 26.4. The van der Waals surface area contributed by atoms with Crippen molar-refractivity contribution in [1.29, 1.82) is 0 Å². The van der Waals surface area contributed by atoms with Gasteiger partial charge >= 0.3 is 12.1 Å². The summed E-state index contributed by atoms with van der Waals surface area (Å²) in [5.41, 5.74) is 2.44. The smallest absolute Gasteiger partial charge is 0.408 e. The van der Waals surface area contributed by atoms with Crippen molar-refractivity contribution in [3.05, 3.63) is 77.0 Å². The molecule has 8 nitrogen and oxygen atoms in total. The van der Waals surface area contributed by atoms with E-state index in [2.05, 4.69) is 5.32 Å². The lowest BCUT2D eigenvalue weighted by Gasteiger charge is -2.26. The second kappa shape index (κ2) is 12.3. The summed E-state index contributed by atoms with van der Waals surface area (Å²) in [7, 11) is -2.59. The normalized spacial score (nSPS) is 14.1. The first-order chi connectivity index (χ1) is 19.3. The molecule has 1 amide bonds. The van der Waals surface area contributed by atoms with Crippen LogP contribution in [0.2, 0.25) is 0 Å². The predicted octanol–water partition coefficient (Wildman–Crippen LogP) is 6.63. The first kappa shape index (κ1) is 32.9. The van der Waals surface area contributed by atoms with Crippen molar-refractivity contribution < 1.29 is 27.5 Å². The zero-order valence-corrected chi connectivity index (χ0v) is 27.2. The Morgan fingerprint density at radius 1 is 0.976 bits per heavy atom. The number of aryl methyl sites for hydroxylation is 3. The van der Waals surface area contributed by atoms with Crippen LogP contribution in [0.3, 0.4) is 0 Å². The summed E-state index contributed by atoms with van der Waals surface area (Å²) in [5, 5.41) is 3.64. The first-order valence-electron chi connectivity index (χ1n) is 14.0. The number of aromatic nitrogens is 1. The van der Waals surface area contributed by atoms with Gasteiger partial charge in [-0.25, -0.2) is 17.2 Å². The van der Waals surface area contributed by atoms with E-state index in [9.17, 15) is 18.0 Å². The molecule has 2 aromatic carbocycles. The van der Waals surface area contributed by atoms with Crippen molar-refractivity contribution in [1.82, 2.24) is 9.29 Å². The molecule has 0 spiro atoms. The van der Waals surface area contributed by atoms with E-state index >= 15 is 0 Å². The van der Waals surface area contributed by atoms with E-state index in [1.807, 2.05) is 52.0 Å². The van der Waals surface area contributed by atoms with Crippen LogP contribution in [0.5, 0.6) is 0 Å². The van der Waals surface area contributed by atoms with Crippen molar-refractivity contribution in [2.45, 2.75) is 85.3 Å². The molecule has 42 heavy (non-hydrogen) atoms. The maximum absolute atomic E-state index is 14.1. The lowest BCUT2D eigenvalue weighted by atomic mass is 9.80. The van der Waals surface area contributed by atoms with Crippen molar-refractivity contribution in [3.8, 4) is 0 Å². The summed E-state index contributed by atoms with van der Waals surface area (Å²) in [6.07, 6.45) is 4.75. The van der Waals surface area contributed by atoms with Crippen molar-refractivity contribution >= 4 is 33.0 Å². The Bertz CT molecular complexity index is 1580. The van der Waals surface area contributed by atoms with Gasteiger partial charge in [0, 0.05) is 11.6 Å². The molecule has 0 saturated heterocycles. The minimum absolute atomic E-state index is 0.253. The summed E-state index contributed by atoms with van der Waals surface area (Å²) in [6.45, 7) is 16.7. The average molecular weight is 597 g/mol. The number of hydrogen-bond donors (Lipinski definition) is 1. The van der Waals surface area contributed by atoms with Crippen LogP contribution in [0, 0.1) is 32.1 Å². The van der Waals surface area contributed by atoms with Gasteiger partial charge in [0.25, 0.3) is 10.0 Å². The summed E-state index contributed by atoms with van der Waals surface area (Å²) in [4.78, 5) is 25.7. The third-order valence-corrected chi connectivity index (χ3v) is 8.93. The summed E-state index contributed by atoms with van der Waals surface area (Å²) >= 11 is 0. The summed E-state index contributed by atoms with van der Waals surface area (Å²) in [6, 6.07) is 10.4. The van der Waals surface area contributed by atoms with Crippen LogP contribution >= 0.6 is 0 Å². The highest BCUT2D eigenvalue weighted by atomic mass is 32.2. The third-order valence-electron chi connectivity index (χ3n) is 6.95. The van der Waals surface area contributed by atoms with E-state index in [-0.39, 0.29) is 17.3 Å². The molecule has 0 saturated carbocycles. The first-order valence-corrected chi connectivity index (χ1v) is 15.5. The highest BCUT2D eigenvalue weighted by molar-refractivity contribution is 7.90. The number of alkyl carbamates (subject to hydrolysis) is 1. The Morgan fingerprint density at radius 2 is 1.57 bits per heavy atom. The molecule has 0 fully saturated rings. The van der Waals surface area contributed by atoms with E-state index < -0.39 is 39.1 Å². The molecule has 2 atom stereocenters. The number of nitrogens with zero attached hydrogens (tertiary/aromatic N) is 1. The highest BCUT2D eigenvalue weighted by Crippen LogP contribution is 2.31. The number of carbonyl (C=O) groups excluding carboxylic acids is 2. The van der Waals surface area contributed by atoms with E-state index in [0.717, 1.165) is 10.9 Å². The van der Waals surface area contributed by atoms with Gasteiger partial charge in [0.15, 0.2) is 0 Å². The summed E-state index contributed by atoms with van der Waals surface area (Å²) < 4.78 is 40.0. The van der Waals surface area contributed by atoms with Crippen molar-refractivity contribution in [2.24, 2.45) is 11.3 Å². The number of benzene rings is 2. The summed E-state index contributed by atoms with van der Waals surface area (Å²) in [5.74, 6) is -0.957. The fourth-order valence-electron chi connectivity index (χ4n) is 5.21. The topological polar surface area (TPSA) is 104 Å². The quantitative estimate of drug-likeness (QED) is 0.231. The SMILES string of the molecule is COC(=O)[C@@H](/C=C/[C@H](Cc1cn(S(=O)(=O)c2c(C)cc(C)cc2C)c2ccccc12)NC(=O)OC(C)(C)C)C(C)(C)C. The molecule has 1 aromatic heterocycles. The Kier molecular flexibility index (Phi) is 9.67. The molecule has 0 aliphatic heterocycles. The fraction of sp³-hybridized carbons (Fsp3) is 0.455. The monoisotopic (exact) mass is 596 g/mol. The minimum atomic E-state index is -3.94. The highest BCUT2D eigenvalue weighted by Gasteiger charge is 2.31. The van der Waals surface area contributed by atoms with Crippen LogP contribution < -0.4 is 5.32 Å². The van der Waals surface area contributed by atoms with Gasteiger partial charge in [0.05, 0.1) is 29.5 Å². The molecule has 0 aliphatic carbocycles. The largest absolute Gasteiger partial charge is 0.469 e. The van der Waals surface area contributed by atoms with E-state index in [0.29, 0.717) is 22.2 Å². The Hall–Kier alpha value is -3.59. The van der Waals surface area contributed by atoms with Crippen molar-refractivity contribution in [3.63, 3.8) is 0 Å². The molecule has 9 heteroatoms. The number of carbonyl (C=O) groups is 2. The van der Waals surface area contributed by atoms with Gasteiger partial charge in [0.2, 0.25) is 0 Å². The van der Waals surface area contributed by atoms with Gasteiger partial charge in [-0.15, -0.1) is 0 Å². The molecule has 3 rings (SSSR count). The fourth-order valence-corrected chi connectivity index (χ4v) is 7.02. The molecule has 0 radical (unpaired) electrons. The van der Waals surface area contributed by atoms with Gasteiger partial charge in [-0.1, -0.05) is 68.8 Å². The van der Waals surface area contributed by atoms with Gasteiger partial charge in [-0.3, -0.25) is 4.79 Å². The zero-order chi connectivity index (χ0) is 31.6. The second-order valence-corrected chi connectivity index (χ2v) is 14.7. The van der Waals surface area contributed by atoms with Crippen LogP contribution in [-0.2, 0) is 30.7 Å². The molecule has 1 heterocycles. The molecule has 3 aromatic rings. The standard InChI is InChI=1S/C33H44N2O6S/c1-21-17-22(2)29(23(3)18-21)42(38,39)35-20-24(26-13-11-12-14-28(26)35)19-25(34-31(37)41-33(7,8)9)15-16-27(30(36)40-10)32(4,5)6/h11-18,20,25,27H,19H2,1-10H3,(H,34,37)/b16-15+/t25-,27-/m1/s1. The molecule has 228 valence electrons. The number of fused-ring (bicyclic) bond motifs is 1. The minimum Gasteiger partial charge on any atom is -0.469 e. The number of esters is 1. The van der Waals surface area contributed by atoms with Gasteiger partial charge in [0.1, 0.15) is 5.60 Å². The maximum atomic E-state index is 14.1. The Morgan fingerprint density at radius 3 is 2.12 bits per heavy atom. The van der Waals surface area contributed by atoms with Crippen LogP contribution in [-0.4, -0.2) is 43.2 Å². The van der Waals surface area contributed by atoms with Gasteiger partial charge < -0.3 is 14.8 Å². The predicted molar refractivity (Wildman–Crippen MR) is 166 cm³/mol. The molecular weight excluding hydrogens is 552 g/mol. The number of ether oxygens (including phenoxy) is 2. The van der Waals surface area contributed by atoms with Crippen LogP contribution in [0.1, 0.15) is 63.8 Å². The molecule has 0 aliphatic rings. The number of nitrogens with one attached hydrogen (secondary N) is 1. The van der Waals surface area contributed by atoms with E-state index in [1.165, 1.54) is 11.1 Å². The Balaban J connectivity index is 2.12. The van der Waals surface area contributed by atoms with E-state index in [1.54, 1.807) is 65.1 Å². The van der Waals surface area contributed by atoms with Crippen LogP contribution in [0.4, 0.5) is 4.79 Å². The molecular formula is C33H44N2O6S. The third kappa shape index (κ3) is 7.62. The second-order valence-electron chi connectivity index (χ2n) is 12.9. The van der Waals surface area contributed by atoms with Gasteiger partial charge in [-0.05, 0) is 76.1 Å². The number of methoxy groups -OCH3 is 1. The van der Waals surface area contributed by atoms with Gasteiger partial charge in [-0.2, -0.15) is 0 Å². The number of amides is 1. The lowest BCUT2D eigenvalue weighted by Crippen LogP contribution is -2.39. The Labute approximate surface area is 250 Å². The maximum Gasteiger partial charge on any atom is 0.408 e. The molecule has 0 bridgehead atoms. The number of hydrogen-bond acceptors (Lipinski definition) is 6. The lowest BCUT2D eigenvalue weighted by molar-refractivity contribution is -0.146. The molecule has 1 N–H and O–H groups in total. The van der Waals surface area contributed by atoms with E-state index in [4.69, 9.17) is 9.47 Å². The van der Waals surface area contributed by atoms with Crippen LogP contribution in [0.25, 0.3) is 10.9 Å². The number of para-hydroxylation sites is 1. The van der Waals surface area contributed by atoms with Crippen molar-refractivity contribution in [2.75, 3.05) is 7.11 Å². The molecule has 0 unspecified atom stereocenters. The average Bonchev–Trinajstić information content (AvgIpc) is 3.20. The van der Waals surface area contributed by atoms with Crippen LogP contribution in [0.15, 0.2) is 59.6 Å². The number of rotatable bonds is 8.